The molecule has 17 aromatic rings. The lowest BCUT2D eigenvalue weighted by Gasteiger charge is -2.21. The van der Waals surface area contributed by atoms with E-state index in [1.165, 1.54) is 21.5 Å². The summed E-state index contributed by atoms with van der Waals surface area (Å²) in [4.78, 5) is 14.6. The molecule has 0 atom stereocenters. The second-order valence-corrected chi connectivity index (χ2v) is 23.4. The van der Waals surface area contributed by atoms with Gasteiger partial charge in [-0.2, -0.15) is 0 Å². The third kappa shape index (κ3) is 9.47. The van der Waals surface area contributed by atoms with Crippen LogP contribution in [0.25, 0.3) is 167 Å². The van der Waals surface area contributed by atoms with Gasteiger partial charge in [0.2, 0.25) is 0 Å². The summed E-state index contributed by atoms with van der Waals surface area (Å²) in [7, 11) is 0. The lowest BCUT2D eigenvalue weighted by Crippen LogP contribution is -2.00. The average Bonchev–Trinajstić information content (AvgIpc) is 1.60. The van der Waals surface area contributed by atoms with Crippen LogP contribution in [0.3, 0.4) is 0 Å². The summed E-state index contributed by atoms with van der Waals surface area (Å²) in [5.74, 6) is 0. The second-order valence-electron chi connectivity index (χ2n) is 23.4. The van der Waals surface area contributed by atoms with Gasteiger partial charge in [0.15, 0.2) is 0 Å². The molecule has 5 nitrogen and oxygen atoms in total. The lowest BCUT2D eigenvalue weighted by atomic mass is 9.84. The number of nitrogens with zero attached hydrogens (tertiary/aromatic N) is 5. The number of pyridine rings is 3. The molecule has 12 aromatic carbocycles. The van der Waals surface area contributed by atoms with Gasteiger partial charge in [0.1, 0.15) is 0 Å². The predicted octanol–water partition coefficient (Wildman–Crippen LogP) is 22.7. The third-order valence-corrected chi connectivity index (χ3v) is 18.1. The van der Waals surface area contributed by atoms with Gasteiger partial charge in [-0.3, -0.25) is 15.0 Å². The van der Waals surface area contributed by atoms with Crippen LogP contribution < -0.4 is 0 Å². The maximum Gasteiger partial charge on any atom is 0.0702 e. The molecule has 0 spiro atoms. The Kier molecular flexibility index (Phi) is 13.5. The van der Waals surface area contributed by atoms with E-state index >= 15 is 0 Å². The van der Waals surface area contributed by atoms with Gasteiger partial charge in [-0.1, -0.05) is 231 Å². The first kappa shape index (κ1) is 53.9. The quantitative estimate of drug-likeness (QED) is 0.122. The van der Waals surface area contributed by atoms with Crippen LogP contribution in [0.5, 0.6) is 0 Å². The van der Waals surface area contributed by atoms with Gasteiger partial charge in [0.25, 0.3) is 0 Å². The standard InChI is InChI=1S/C87H57N5/c1-2-24-58(25-3-1)78-55-59(79-36-18-21-49-88-79)43-46-71(78)68-29-7-4-26-65(68)62-52-63(66-27-5-8-30-69(66)76-47-44-60(80-37-19-22-50-89-80)56-86(76)91-82-39-14-10-32-72(82)73-33-11-15-40-83(73)91)54-64(53-62)67-28-6-9-31-70(67)77-48-45-61(81-38-20-23-51-90-81)57-87(77)92-84-41-16-12-34-74(84)75-35-13-17-42-85(75)92/h1-57H. The van der Waals surface area contributed by atoms with Crippen molar-refractivity contribution in [1.82, 2.24) is 24.1 Å². The molecule has 0 fully saturated rings. The van der Waals surface area contributed by atoms with Crippen molar-refractivity contribution < 1.29 is 0 Å². The first-order valence-electron chi connectivity index (χ1n) is 31.3. The fraction of sp³-hybridized carbons (Fsp3) is 0. The summed E-state index contributed by atoms with van der Waals surface area (Å²) >= 11 is 0. The van der Waals surface area contributed by atoms with Crippen molar-refractivity contribution in [3.8, 4) is 123 Å². The van der Waals surface area contributed by atoms with E-state index in [2.05, 4.69) is 319 Å². The molecular weight excluding hydrogens is 1110 g/mol. The molecule has 0 saturated carbocycles. The van der Waals surface area contributed by atoms with Crippen LogP contribution in [0, 0.1) is 0 Å². The number of hydrogen-bond donors (Lipinski definition) is 0. The molecule has 0 aliphatic carbocycles. The molecule has 0 saturated heterocycles. The number of benzene rings is 12. The highest BCUT2D eigenvalue weighted by molar-refractivity contribution is 6.12. The Labute approximate surface area is 533 Å². The van der Waals surface area contributed by atoms with Gasteiger partial charge in [0.05, 0.1) is 50.5 Å². The number of rotatable bonds is 12. The van der Waals surface area contributed by atoms with Crippen molar-refractivity contribution in [2.75, 3.05) is 0 Å². The van der Waals surface area contributed by atoms with Crippen LogP contribution in [-0.4, -0.2) is 24.1 Å². The van der Waals surface area contributed by atoms with Crippen LogP contribution in [0.1, 0.15) is 0 Å². The minimum atomic E-state index is 0.915. The number of aromatic nitrogens is 5. The van der Waals surface area contributed by atoms with Crippen molar-refractivity contribution in [1.29, 1.82) is 0 Å². The Morgan fingerprint density at radius 2 is 0.467 bits per heavy atom. The molecule has 5 heterocycles. The minimum absolute atomic E-state index is 0.915. The molecule has 0 aliphatic heterocycles. The number of para-hydroxylation sites is 4. The third-order valence-electron chi connectivity index (χ3n) is 18.1. The van der Waals surface area contributed by atoms with Crippen LogP contribution in [-0.2, 0) is 0 Å². The first-order valence-corrected chi connectivity index (χ1v) is 31.3. The smallest absolute Gasteiger partial charge is 0.0702 e. The molecule has 17 rings (SSSR count). The van der Waals surface area contributed by atoms with E-state index in [9.17, 15) is 0 Å². The summed E-state index contributed by atoms with van der Waals surface area (Å²) in [6, 6.07) is 119. The summed E-state index contributed by atoms with van der Waals surface area (Å²) in [6.07, 6.45) is 5.62. The van der Waals surface area contributed by atoms with Crippen molar-refractivity contribution in [2.45, 2.75) is 0 Å². The maximum atomic E-state index is 4.89. The molecule has 0 amide bonds. The van der Waals surface area contributed by atoms with E-state index in [4.69, 9.17) is 15.0 Å². The van der Waals surface area contributed by atoms with Crippen LogP contribution >= 0.6 is 0 Å². The van der Waals surface area contributed by atoms with Gasteiger partial charge in [-0.15, -0.1) is 0 Å². The fourth-order valence-corrected chi connectivity index (χ4v) is 14.0. The molecule has 5 aromatic heterocycles. The molecule has 0 N–H and O–H groups in total. The molecule has 92 heavy (non-hydrogen) atoms. The molecule has 0 unspecified atom stereocenters. The number of fused-ring (bicyclic) bond motifs is 6. The second kappa shape index (κ2) is 23.0. The zero-order valence-electron chi connectivity index (χ0n) is 50.1. The van der Waals surface area contributed by atoms with E-state index < -0.39 is 0 Å². The topological polar surface area (TPSA) is 48.5 Å². The van der Waals surface area contributed by atoms with E-state index in [1.54, 1.807) is 0 Å². The molecule has 0 aliphatic rings. The minimum Gasteiger partial charge on any atom is -0.309 e. The predicted molar refractivity (Wildman–Crippen MR) is 383 cm³/mol. The first-order chi connectivity index (χ1) is 45.7. The van der Waals surface area contributed by atoms with Gasteiger partial charge in [-0.25, -0.2) is 0 Å². The molecule has 5 heteroatoms. The Hall–Kier alpha value is -12.3. The van der Waals surface area contributed by atoms with Gasteiger partial charge < -0.3 is 9.13 Å². The average molecular weight is 1170 g/mol. The summed E-state index contributed by atoms with van der Waals surface area (Å²) < 4.78 is 4.91. The fourth-order valence-electron chi connectivity index (χ4n) is 14.0. The van der Waals surface area contributed by atoms with Crippen molar-refractivity contribution in [3.63, 3.8) is 0 Å². The van der Waals surface area contributed by atoms with E-state index in [0.29, 0.717) is 0 Å². The van der Waals surface area contributed by atoms with E-state index in [0.717, 1.165) is 145 Å². The van der Waals surface area contributed by atoms with Crippen molar-refractivity contribution in [2.24, 2.45) is 0 Å². The maximum absolute atomic E-state index is 4.89. The largest absolute Gasteiger partial charge is 0.309 e. The molecule has 0 bridgehead atoms. The monoisotopic (exact) mass is 1170 g/mol. The Morgan fingerprint density at radius 1 is 0.174 bits per heavy atom. The summed E-state index contributed by atoms with van der Waals surface area (Å²) in [6.45, 7) is 0. The lowest BCUT2D eigenvalue weighted by molar-refractivity contribution is 1.18. The molecular formula is C87H57N5. The van der Waals surface area contributed by atoms with Gasteiger partial charge in [-0.05, 0) is 164 Å². The molecule has 0 radical (unpaired) electrons. The zero-order chi connectivity index (χ0) is 60.9. The van der Waals surface area contributed by atoms with E-state index in [1.807, 2.05) is 36.8 Å². The van der Waals surface area contributed by atoms with Crippen molar-refractivity contribution >= 4 is 43.6 Å². The van der Waals surface area contributed by atoms with Crippen LogP contribution in [0.4, 0.5) is 0 Å². The van der Waals surface area contributed by atoms with E-state index in [-0.39, 0.29) is 0 Å². The van der Waals surface area contributed by atoms with Crippen LogP contribution in [0.15, 0.2) is 346 Å². The highest BCUT2D eigenvalue weighted by atomic mass is 15.0. The highest BCUT2D eigenvalue weighted by Gasteiger charge is 2.24. The van der Waals surface area contributed by atoms with Gasteiger partial charge in [0, 0.05) is 68.0 Å². The summed E-state index contributed by atoms with van der Waals surface area (Å²) in [5.41, 5.74) is 28.1. The molecule has 430 valence electrons. The van der Waals surface area contributed by atoms with Gasteiger partial charge >= 0.3 is 0 Å². The SMILES string of the molecule is c1ccc(-c2cc(-c3ccccn3)ccc2-c2ccccc2-c2cc(-c3ccccc3-c3ccc(-c4ccccn4)cc3-n3c4ccccc4c4ccccc43)cc(-c3ccccc3-c3ccc(-c4ccccn4)cc3-n3c4ccccc4c4ccccc43)c2)cc1. The highest BCUT2D eigenvalue weighted by Crippen LogP contribution is 2.48. The normalized spacial score (nSPS) is 11.5. The Balaban J connectivity index is 0.927. The number of hydrogen-bond acceptors (Lipinski definition) is 3. The summed E-state index contributed by atoms with van der Waals surface area (Å²) in [5, 5.41) is 4.81. The Morgan fingerprint density at radius 3 is 0.837 bits per heavy atom. The van der Waals surface area contributed by atoms with Crippen LogP contribution in [0.2, 0.25) is 0 Å². The Bertz CT molecular complexity index is 5260. The van der Waals surface area contributed by atoms with Crippen molar-refractivity contribution in [3.05, 3.63) is 346 Å². The zero-order valence-corrected chi connectivity index (χ0v) is 50.1.